The van der Waals surface area contributed by atoms with Crippen LogP contribution in [0.5, 0.6) is 0 Å². The number of hydrogen-bond acceptors (Lipinski definition) is 8. The Morgan fingerprint density at radius 1 is 1.46 bits per heavy atom. The molecule has 26 heavy (non-hydrogen) atoms. The van der Waals surface area contributed by atoms with Crippen LogP contribution in [0, 0.1) is 0 Å². The molecule has 1 N–H and O–H groups in total. The van der Waals surface area contributed by atoms with Crippen LogP contribution in [0.1, 0.15) is 8.35 Å². The number of rotatable bonds is 4. The van der Waals surface area contributed by atoms with Gasteiger partial charge in [0.25, 0.3) is 5.91 Å². The van der Waals surface area contributed by atoms with Gasteiger partial charge in [0.05, 0.1) is 12.3 Å². The minimum Gasteiger partial charge on any atom is -1.00 e. The van der Waals surface area contributed by atoms with E-state index >= 15 is 0 Å². The normalized spacial score (nSPS) is 26.1. The number of β-lactam (4-membered cyclic amide) rings is 1. The molecule has 0 aliphatic carbocycles. The van der Waals surface area contributed by atoms with E-state index in [-0.39, 0.29) is 66.6 Å². The third kappa shape index (κ3) is 2.71. The Bertz CT molecular complexity index is 834. The molecule has 0 spiro atoms. The molecule has 0 aromatic carbocycles. The summed E-state index contributed by atoms with van der Waals surface area (Å²) in [7, 11) is 1.66. The molecule has 11 nitrogen and oxygen atoms in total. The van der Waals surface area contributed by atoms with E-state index in [2.05, 4.69) is 15.5 Å². The van der Waals surface area contributed by atoms with Crippen LogP contribution in [0.25, 0.3) is 0 Å². The maximum absolute atomic E-state index is 12.5. The molecule has 0 bridgehead atoms. The number of aliphatic carboxylic acids is 1. The first kappa shape index (κ1) is 19.1. The Labute approximate surface area is 175 Å². The van der Waals surface area contributed by atoms with Crippen molar-refractivity contribution in [3.8, 4) is 0 Å². The monoisotopic (exact) mass is 390 g/mol. The van der Waals surface area contributed by atoms with Crippen LogP contribution in [-0.4, -0.2) is 83.4 Å². The van der Waals surface area contributed by atoms with Gasteiger partial charge < -0.3 is 16.2 Å². The number of likely N-dealkylation sites (tertiary alicyclic amines) is 1. The van der Waals surface area contributed by atoms with Crippen LogP contribution in [-0.2, 0) is 26.2 Å². The summed E-state index contributed by atoms with van der Waals surface area (Å²) in [6.07, 6.45) is -0.428. The van der Waals surface area contributed by atoms with Gasteiger partial charge in [-0.3, -0.25) is 14.5 Å². The molecule has 3 aliphatic heterocycles. The zero-order chi connectivity index (χ0) is 17.9. The number of carbonyl (C=O) groups is 3. The third-order valence-electron chi connectivity index (χ3n) is 4.52. The number of hydrogen-bond donors (Lipinski definition) is 1. The molecule has 0 unspecified atom stereocenters. The molecule has 2 fully saturated rings. The van der Waals surface area contributed by atoms with E-state index < -0.39 is 24.2 Å². The van der Waals surface area contributed by atoms with Crippen molar-refractivity contribution in [2.75, 3.05) is 12.3 Å². The summed E-state index contributed by atoms with van der Waals surface area (Å²) in [5.41, 5.74) is -0.171. The number of thioether (sulfide) groups is 1. The van der Waals surface area contributed by atoms with E-state index in [0.717, 1.165) is 0 Å². The molecule has 1 aromatic rings. The predicted octanol–water partition coefficient (Wildman–Crippen LogP) is -4.44. The number of carboxylic acids is 1. The summed E-state index contributed by atoms with van der Waals surface area (Å²) in [6.45, 7) is 1.65. The van der Waals surface area contributed by atoms with E-state index in [0.29, 0.717) is 5.16 Å². The Morgan fingerprint density at radius 2 is 2.19 bits per heavy atom. The van der Waals surface area contributed by atoms with E-state index in [1.54, 1.807) is 7.05 Å². The molecule has 13 heteroatoms. The Morgan fingerprint density at radius 3 is 2.77 bits per heavy atom. The van der Waals surface area contributed by atoms with Crippen molar-refractivity contribution in [3.05, 3.63) is 11.5 Å². The average Bonchev–Trinajstić information content (AvgIpc) is 3.12. The van der Waals surface area contributed by atoms with Crippen LogP contribution >= 0.6 is 11.8 Å². The fraction of sp³-hybridized carbons (Fsp3) is 0.538. The summed E-state index contributed by atoms with van der Waals surface area (Å²) in [6, 6.07) is -1.07. The van der Waals surface area contributed by atoms with Gasteiger partial charge in [0.2, 0.25) is 11.1 Å². The average molecular weight is 390 g/mol. The number of ether oxygens (including phenoxy) is 1. The molecule has 4 rings (SSSR count). The zero-order valence-electron chi connectivity index (χ0n) is 15.3. The van der Waals surface area contributed by atoms with Crippen molar-refractivity contribution < 1.29 is 55.2 Å². The Hall–Kier alpha value is -1.63. The number of aromatic nitrogens is 4. The minimum absolute atomic E-state index is 0. The standard InChI is InChI=1S/C13H14N6O5S.Na.H/c1-5(20)18-3-6-8-10(18)11(21)19(8)9(12(22)23)7(24-6)4-25-13-14-15-16-17(13)2;;/h6,8,10H,3-4H2,1-2H3,(H,22,23);;/q;+1;-1/t6-,8-,10+;;/m1../s1. The molecule has 2 saturated heterocycles. The van der Waals surface area contributed by atoms with Gasteiger partial charge in [-0.25, -0.2) is 9.48 Å². The maximum Gasteiger partial charge on any atom is 1.00 e. The van der Waals surface area contributed by atoms with Gasteiger partial charge in [-0.1, -0.05) is 11.8 Å². The molecule has 3 atom stereocenters. The first-order chi connectivity index (χ1) is 11.9. The van der Waals surface area contributed by atoms with Crippen LogP contribution in [0.2, 0.25) is 0 Å². The number of carbonyl (C=O) groups excluding carboxylic acids is 2. The number of amides is 2. The van der Waals surface area contributed by atoms with Gasteiger partial charge in [-0.15, -0.1) is 5.10 Å². The van der Waals surface area contributed by atoms with Gasteiger partial charge in [0.1, 0.15) is 23.9 Å². The summed E-state index contributed by atoms with van der Waals surface area (Å²) >= 11 is 1.21. The second-order valence-electron chi connectivity index (χ2n) is 5.92. The fourth-order valence-electron chi connectivity index (χ4n) is 3.46. The largest absolute Gasteiger partial charge is 1.00 e. The Kier molecular flexibility index (Phi) is 5.03. The molecule has 2 amide bonds. The molecule has 0 radical (unpaired) electrons. The number of carboxylic acid groups (broad SMARTS) is 1. The SMILES string of the molecule is CC(=O)N1C[C@H]2OC(CSc3nnnn3C)=C(C(=O)O)N3C(=O)[C@@H]1[C@@H]23.[H-].[Na+]. The predicted molar refractivity (Wildman–Crippen MR) is 82.0 cm³/mol. The minimum atomic E-state index is -1.24. The number of nitrogens with zero attached hydrogens (tertiary/aromatic N) is 6. The molecule has 3 aliphatic rings. The molecule has 134 valence electrons. The number of aryl methyl sites for hydroxylation is 1. The zero-order valence-corrected chi connectivity index (χ0v) is 17.1. The molecule has 0 saturated carbocycles. The third-order valence-corrected chi connectivity index (χ3v) is 5.54. The quantitative estimate of drug-likeness (QED) is 0.307. The fourth-order valence-corrected chi connectivity index (χ4v) is 4.24. The molecule has 4 heterocycles. The number of tetrazole rings is 1. The van der Waals surface area contributed by atoms with Gasteiger partial charge >= 0.3 is 35.5 Å². The summed E-state index contributed by atoms with van der Waals surface area (Å²) in [4.78, 5) is 38.6. The summed E-state index contributed by atoms with van der Waals surface area (Å²) < 4.78 is 7.32. The van der Waals surface area contributed by atoms with E-state index in [4.69, 9.17) is 4.74 Å². The maximum atomic E-state index is 12.5. The van der Waals surface area contributed by atoms with Gasteiger partial charge in [-0.05, 0) is 10.4 Å². The second kappa shape index (κ2) is 6.83. The van der Waals surface area contributed by atoms with Gasteiger partial charge in [-0.2, -0.15) is 0 Å². The smallest absolute Gasteiger partial charge is 1.00 e. The van der Waals surface area contributed by atoms with Crippen molar-refractivity contribution in [1.82, 2.24) is 30.0 Å². The van der Waals surface area contributed by atoms with Crippen molar-refractivity contribution in [3.63, 3.8) is 0 Å². The van der Waals surface area contributed by atoms with Crippen molar-refractivity contribution in [2.45, 2.75) is 30.3 Å². The molecular weight excluding hydrogens is 375 g/mol. The Balaban J connectivity index is 0.00000131. The van der Waals surface area contributed by atoms with Crippen LogP contribution < -0.4 is 29.6 Å². The second-order valence-corrected chi connectivity index (χ2v) is 6.86. The summed E-state index contributed by atoms with van der Waals surface area (Å²) in [5, 5.41) is 21.1. The first-order valence-electron chi connectivity index (χ1n) is 7.48. The van der Waals surface area contributed by atoms with E-state index in [1.807, 2.05) is 0 Å². The van der Waals surface area contributed by atoms with Crippen molar-refractivity contribution in [1.29, 1.82) is 0 Å². The van der Waals surface area contributed by atoms with Gasteiger partial charge in [0, 0.05) is 14.0 Å². The van der Waals surface area contributed by atoms with E-state index in [9.17, 15) is 19.5 Å². The first-order valence-corrected chi connectivity index (χ1v) is 8.47. The van der Waals surface area contributed by atoms with Crippen LogP contribution in [0.3, 0.4) is 0 Å². The van der Waals surface area contributed by atoms with E-state index in [1.165, 1.54) is 33.2 Å². The van der Waals surface area contributed by atoms with Gasteiger partial charge in [0.15, 0.2) is 5.70 Å². The van der Waals surface area contributed by atoms with Crippen LogP contribution in [0.4, 0.5) is 0 Å². The van der Waals surface area contributed by atoms with Crippen molar-refractivity contribution in [2.24, 2.45) is 7.05 Å². The molecule has 1 aromatic heterocycles. The van der Waals surface area contributed by atoms with Crippen molar-refractivity contribution >= 4 is 29.5 Å². The molecular formula is C13H15N6NaO5S. The topological polar surface area (TPSA) is 131 Å². The van der Waals surface area contributed by atoms with Crippen LogP contribution in [0.15, 0.2) is 16.6 Å². The summed E-state index contributed by atoms with van der Waals surface area (Å²) in [5.74, 6) is -1.51.